The highest BCUT2D eigenvalue weighted by Gasteiger charge is 2.16. The summed E-state index contributed by atoms with van der Waals surface area (Å²) in [4.78, 5) is 36.7. The topological polar surface area (TPSA) is 93.1 Å². The Kier molecular flexibility index (Phi) is 7.10. The van der Waals surface area contributed by atoms with Crippen LogP contribution >= 0.6 is 0 Å². The molecule has 0 radical (unpaired) electrons. The lowest BCUT2D eigenvalue weighted by molar-refractivity contribution is -0.123. The molecule has 27 heavy (non-hydrogen) atoms. The molecule has 2 aromatic rings. The van der Waals surface area contributed by atoms with Crippen molar-refractivity contribution in [3.8, 4) is 0 Å². The average molecular weight is 372 g/mol. The minimum absolute atomic E-state index is 0.00486. The summed E-state index contributed by atoms with van der Waals surface area (Å²) in [5, 5.41) is 11.0. The van der Waals surface area contributed by atoms with Crippen LogP contribution in [0.3, 0.4) is 0 Å². The number of aromatic nitrogens is 2. The summed E-state index contributed by atoms with van der Waals surface area (Å²) >= 11 is 0. The second kappa shape index (κ2) is 9.30. The van der Waals surface area contributed by atoms with E-state index in [1.54, 1.807) is 24.3 Å². The Morgan fingerprint density at radius 2 is 1.67 bits per heavy atom. The molecule has 1 aromatic carbocycles. The van der Waals surface area contributed by atoms with Crippen molar-refractivity contribution in [1.29, 1.82) is 0 Å². The third kappa shape index (κ3) is 5.39. The van der Waals surface area contributed by atoms with Gasteiger partial charge in [0.2, 0.25) is 5.91 Å². The van der Waals surface area contributed by atoms with Crippen molar-refractivity contribution < 1.29 is 9.59 Å². The lowest BCUT2D eigenvalue weighted by atomic mass is 10.1. The molecule has 7 nitrogen and oxygen atoms in total. The van der Waals surface area contributed by atoms with Crippen LogP contribution in [0.4, 0.5) is 0 Å². The Morgan fingerprint density at radius 1 is 1.04 bits per heavy atom. The first-order chi connectivity index (χ1) is 12.8. The largest absolute Gasteiger partial charge is 0.356 e. The maximum Gasteiger partial charge on any atom is 0.274 e. The SMILES string of the molecule is CC(C)Cn1nc(C(=O)NCCCNC(=O)C(C)C)c2ccccc2c1=O. The molecule has 0 saturated carbocycles. The van der Waals surface area contributed by atoms with Crippen molar-refractivity contribution in [3.63, 3.8) is 0 Å². The minimum atomic E-state index is -0.320. The number of hydrogen-bond donors (Lipinski definition) is 2. The van der Waals surface area contributed by atoms with E-state index >= 15 is 0 Å². The molecule has 0 bridgehead atoms. The van der Waals surface area contributed by atoms with E-state index in [4.69, 9.17) is 0 Å². The standard InChI is InChI=1S/C20H28N4O3/c1-13(2)12-24-20(27)16-9-6-5-8-15(16)17(23-24)19(26)22-11-7-10-21-18(25)14(3)4/h5-6,8-9,13-14H,7,10-12H2,1-4H3,(H,21,25)(H,22,26). The second-order valence-corrected chi connectivity index (χ2v) is 7.33. The third-order valence-corrected chi connectivity index (χ3v) is 4.08. The Labute approximate surface area is 159 Å². The van der Waals surface area contributed by atoms with E-state index in [-0.39, 0.29) is 34.9 Å². The Hall–Kier alpha value is -2.70. The van der Waals surface area contributed by atoms with Gasteiger partial charge in [0.25, 0.3) is 11.5 Å². The van der Waals surface area contributed by atoms with Crippen molar-refractivity contribution in [2.45, 2.75) is 40.7 Å². The van der Waals surface area contributed by atoms with E-state index in [9.17, 15) is 14.4 Å². The number of carbonyl (C=O) groups is 2. The molecule has 0 spiro atoms. The summed E-state index contributed by atoms with van der Waals surface area (Å²) in [7, 11) is 0. The van der Waals surface area contributed by atoms with Gasteiger partial charge in [0.05, 0.1) is 5.39 Å². The number of rotatable bonds is 8. The zero-order valence-corrected chi connectivity index (χ0v) is 16.4. The lowest BCUT2D eigenvalue weighted by Gasteiger charge is -2.13. The van der Waals surface area contributed by atoms with Crippen LogP contribution in [0.1, 0.15) is 44.6 Å². The Bertz CT molecular complexity index is 871. The molecule has 0 atom stereocenters. The maximum absolute atomic E-state index is 12.6. The highest BCUT2D eigenvalue weighted by atomic mass is 16.2. The second-order valence-electron chi connectivity index (χ2n) is 7.33. The van der Waals surface area contributed by atoms with Crippen LogP contribution in [0.15, 0.2) is 29.1 Å². The number of nitrogens with zero attached hydrogens (tertiary/aromatic N) is 2. The lowest BCUT2D eigenvalue weighted by Crippen LogP contribution is -2.34. The molecule has 2 N–H and O–H groups in total. The number of amides is 2. The number of carbonyl (C=O) groups excluding carboxylic acids is 2. The van der Waals surface area contributed by atoms with Crippen molar-refractivity contribution in [3.05, 3.63) is 40.3 Å². The minimum Gasteiger partial charge on any atom is -0.356 e. The van der Waals surface area contributed by atoms with Gasteiger partial charge in [-0.1, -0.05) is 45.9 Å². The van der Waals surface area contributed by atoms with E-state index in [0.717, 1.165) is 0 Å². The highest BCUT2D eigenvalue weighted by Crippen LogP contribution is 2.13. The monoisotopic (exact) mass is 372 g/mol. The number of benzene rings is 1. The molecule has 0 aliphatic carbocycles. The van der Waals surface area contributed by atoms with Crippen LogP contribution in [0.2, 0.25) is 0 Å². The van der Waals surface area contributed by atoms with E-state index in [1.807, 2.05) is 27.7 Å². The van der Waals surface area contributed by atoms with Crippen molar-refractivity contribution in [2.75, 3.05) is 13.1 Å². The summed E-state index contributed by atoms with van der Waals surface area (Å²) in [5.74, 6) is -0.150. The first kappa shape index (κ1) is 20.6. The molecule has 0 fully saturated rings. The summed E-state index contributed by atoms with van der Waals surface area (Å²) in [6.07, 6.45) is 0.619. The van der Waals surface area contributed by atoms with E-state index in [2.05, 4.69) is 15.7 Å². The molecule has 0 aliphatic heterocycles. The quantitative estimate of drug-likeness (QED) is 0.693. The van der Waals surface area contributed by atoms with Crippen LogP contribution in [-0.2, 0) is 11.3 Å². The summed E-state index contributed by atoms with van der Waals surface area (Å²) in [6, 6.07) is 7.02. The molecule has 1 heterocycles. The van der Waals surface area contributed by atoms with E-state index < -0.39 is 0 Å². The number of fused-ring (bicyclic) bond motifs is 1. The van der Waals surface area contributed by atoms with Crippen LogP contribution in [0.25, 0.3) is 10.8 Å². The zero-order chi connectivity index (χ0) is 20.0. The fraction of sp³-hybridized carbons (Fsp3) is 0.500. The van der Waals surface area contributed by atoms with Crippen molar-refractivity contribution in [1.82, 2.24) is 20.4 Å². The fourth-order valence-corrected chi connectivity index (χ4v) is 2.66. The Balaban J connectivity index is 2.12. The molecule has 146 valence electrons. The van der Waals surface area contributed by atoms with Crippen LogP contribution in [-0.4, -0.2) is 34.7 Å². The molecule has 0 unspecified atom stereocenters. The van der Waals surface area contributed by atoms with Crippen molar-refractivity contribution >= 4 is 22.6 Å². The van der Waals surface area contributed by atoms with Gasteiger partial charge in [-0.05, 0) is 18.4 Å². The first-order valence-corrected chi connectivity index (χ1v) is 9.37. The predicted molar refractivity (Wildman–Crippen MR) is 106 cm³/mol. The molecule has 7 heteroatoms. The smallest absolute Gasteiger partial charge is 0.274 e. The number of hydrogen-bond acceptors (Lipinski definition) is 4. The van der Waals surface area contributed by atoms with Crippen LogP contribution in [0.5, 0.6) is 0 Å². The van der Waals surface area contributed by atoms with Gasteiger partial charge in [0.1, 0.15) is 0 Å². The molecule has 0 aliphatic rings. The molecule has 0 saturated heterocycles. The normalized spacial score (nSPS) is 11.2. The van der Waals surface area contributed by atoms with Gasteiger partial charge >= 0.3 is 0 Å². The van der Waals surface area contributed by atoms with Gasteiger partial charge in [-0.15, -0.1) is 0 Å². The fourth-order valence-electron chi connectivity index (χ4n) is 2.66. The van der Waals surface area contributed by atoms with Gasteiger partial charge in [-0.3, -0.25) is 14.4 Å². The average Bonchev–Trinajstić information content (AvgIpc) is 2.63. The molecule has 2 amide bonds. The van der Waals surface area contributed by atoms with Crippen LogP contribution < -0.4 is 16.2 Å². The maximum atomic E-state index is 12.6. The van der Waals surface area contributed by atoms with Crippen LogP contribution in [0, 0.1) is 11.8 Å². The van der Waals surface area contributed by atoms with Gasteiger partial charge in [0.15, 0.2) is 5.69 Å². The van der Waals surface area contributed by atoms with Gasteiger partial charge in [0, 0.05) is 30.9 Å². The summed E-state index contributed by atoms with van der Waals surface area (Å²) in [5.41, 5.74) is 0.0595. The van der Waals surface area contributed by atoms with Gasteiger partial charge in [-0.25, -0.2) is 4.68 Å². The Morgan fingerprint density at radius 3 is 2.30 bits per heavy atom. The zero-order valence-electron chi connectivity index (χ0n) is 16.4. The molecular weight excluding hydrogens is 344 g/mol. The number of nitrogens with one attached hydrogen (secondary N) is 2. The summed E-state index contributed by atoms with van der Waals surface area (Å²) in [6.45, 7) is 9.02. The van der Waals surface area contributed by atoms with Crippen molar-refractivity contribution in [2.24, 2.45) is 11.8 Å². The highest BCUT2D eigenvalue weighted by molar-refractivity contribution is 6.04. The molecule has 2 rings (SSSR count). The van der Waals surface area contributed by atoms with Gasteiger partial charge in [-0.2, -0.15) is 5.10 Å². The molecule has 1 aromatic heterocycles. The van der Waals surface area contributed by atoms with Gasteiger partial charge < -0.3 is 10.6 Å². The van der Waals surface area contributed by atoms with E-state index in [0.29, 0.717) is 36.8 Å². The molecular formula is C20H28N4O3. The van der Waals surface area contributed by atoms with E-state index in [1.165, 1.54) is 4.68 Å². The summed E-state index contributed by atoms with van der Waals surface area (Å²) < 4.78 is 1.37. The first-order valence-electron chi connectivity index (χ1n) is 9.37. The third-order valence-electron chi connectivity index (χ3n) is 4.08. The predicted octanol–water partition coefficient (Wildman–Crippen LogP) is 1.94.